The van der Waals surface area contributed by atoms with Crippen LogP contribution in [0.25, 0.3) is 21.8 Å². The van der Waals surface area contributed by atoms with Crippen LogP contribution in [0.3, 0.4) is 0 Å². The van der Waals surface area contributed by atoms with Gasteiger partial charge >= 0.3 is 0 Å². The van der Waals surface area contributed by atoms with Crippen LogP contribution in [0.5, 0.6) is 11.5 Å². The Hall–Kier alpha value is -4.77. The minimum absolute atomic E-state index is 0.166. The molecule has 2 aromatic heterocycles. The molecular formula is C78H115N4O6+. The number of aromatic hydroxyl groups is 2. The highest BCUT2D eigenvalue weighted by atomic mass is 16.5. The van der Waals surface area contributed by atoms with E-state index in [0.29, 0.717) is 50.9 Å². The lowest BCUT2D eigenvalue weighted by Gasteiger charge is -2.58. The van der Waals surface area contributed by atoms with E-state index in [0.717, 1.165) is 114 Å². The van der Waals surface area contributed by atoms with Crippen LogP contribution in [-0.2, 0) is 14.3 Å². The molecule has 2 heterocycles. The largest absolute Gasteiger partial charge is 0.506 e. The summed E-state index contributed by atoms with van der Waals surface area (Å²) in [5.41, 5.74) is 13.5. The average molecular weight is 1200 g/mol. The van der Waals surface area contributed by atoms with Crippen molar-refractivity contribution in [1.82, 2.24) is 9.97 Å². The van der Waals surface area contributed by atoms with E-state index >= 15 is 0 Å². The molecule has 88 heavy (non-hydrogen) atoms. The van der Waals surface area contributed by atoms with Gasteiger partial charge in [0.25, 0.3) is 0 Å². The lowest BCUT2D eigenvalue weighted by atomic mass is 9.47. The number of aliphatic hydroxyl groups excluding tert-OH is 1. The van der Waals surface area contributed by atoms with Crippen LogP contribution in [0.4, 0.5) is 11.4 Å². The molecule has 17 atom stereocenters. The molecule has 7 unspecified atom stereocenters. The van der Waals surface area contributed by atoms with E-state index in [2.05, 4.69) is 96.3 Å². The van der Waals surface area contributed by atoms with E-state index in [-0.39, 0.29) is 36.9 Å². The molecule has 5 N–H and O–H groups in total. The standard InChI is InChI=1S/C38H54N2O2.C29H47O2.C9H8N2O.C2H6O/c1-25(2)8-6-9-26(3)31-13-14-32-29-12-11-27-24-28(17-19-37(27,4)33(29)18-20-38(31,32)5)42-23-22-39-34-15-16-35(41)36-30(34)10-7-21-40-36;1-20(2)7-6-8-21(3)25-11-12-26-24-10-9-22-19-23(31-18-17-30)13-15-28(22,4)27(24)14-16-29(25,26)5;10-7-3-4-8(12)9-6(7)2-1-5-11-9;1-2-3/h7,10-11,15-16,21-22,25-26,28-29,31-33,41H,6,8-9,12-14,17-20,23-24H2,1-5H3;9,17,20-21,23-27H,1,6-8,10-16,18-19H2,2-5H3;1-5,12H,10H2;3H,2H2,1H3/q;+1;;/t26-,28+,29?,31-,32?,33?,37+,38-;20?,21-,23+,24?,25-,26?,27?,28+,29-;;/m11../s1. The highest BCUT2D eigenvalue weighted by Gasteiger charge is 2.61. The van der Waals surface area contributed by atoms with E-state index < -0.39 is 0 Å². The van der Waals surface area contributed by atoms with Gasteiger partial charge in [0.2, 0.25) is 0 Å². The molecule has 6 saturated carbocycles. The molecule has 0 spiro atoms. The summed E-state index contributed by atoms with van der Waals surface area (Å²) in [7, 11) is 0. The van der Waals surface area contributed by atoms with Crippen molar-refractivity contribution in [3.63, 3.8) is 0 Å². The first-order valence-electron chi connectivity index (χ1n) is 35.1. The molecule has 0 aliphatic heterocycles. The zero-order valence-corrected chi connectivity index (χ0v) is 56.0. The fourth-order valence-electron chi connectivity index (χ4n) is 20.5. The van der Waals surface area contributed by atoms with Crippen molar-refractivity contribution in [3.05, 3.63) is 91.1 Å². The molecule has 8 aliphatic carbocycles. The number of aliphatic hydroxyl groups is 1. The van der Waals surface area contributed by atoms with Crippen molar-refractivity contribution in [2.24, 2.45) is 97.7 Å². The fraction of sp³-hybridized carbons (Fsp3) is 0.679. The number of aldehydes is 1. The van der Waals surface area contributed by atoms with Gasteiger partial charge in [-0.25, -0.2) is 0 Å². The number of aromatic nitrogens is 2. The topological polar surface area (TPSA) is 160 Å². The molecule has 4 aromatic rings. The molecule has 8 aliphatic rings. The molecule has 482 valence electrons. The van der Waals surface area contributed by atoms with Gasteiger partial charge in [0.15, 0.2) is 0 Å². The number of hydrogen-bond acceptors (Lipinski definition) is 10. The van der Waals surface area contributed by atoms with Gasteiger partial charge in [-0.2, -0.15) is 0 Å². The van der Waals surface area contributed by atoms with E-state index in [9.17, 15) is 15.0 Å². The minimum atomic E-state index is 0.166. The molecular weight excluding hydrogens is 1090 g/mol. The molecule has 2 aromatic carbocycles. The first-order valence-corrected chi connectivity index (χ1v) is 35.1. The highest BCUT2D eigenvalue weighted by Crippen LogP contribution is 2.69. The Kier molecular flexibility index (Phi) is 22.8. The lowest BCUT2D eigenvalue weighted by Crippen LogP contribution is -2.51. The van der Waals surface area contributed by atoms with Gasteiger partial charge in [-0.15, -0.1) is 0 Å². The molecule has 10 heteroatoms. The predicted molar refractivity (Wildman–Crippen MR) is 363 cm³/mol. The van der Waals surface area contributed by atoms with Crippen LogP contribution < -0.4 is 5.73 Å². The number of ether oxygens (including phenoxy) is 2. The Balaban J connectivity index is 0.000000174. The van der Waals surface area contributed by atoms with Gasteiger partial charge in [0.05, 0.1) is 37.3 Å². The van der Waals surface area contributed by atoms with Crippen molar-refractivity contribution in [3.8, 4) is 11.5 Å². The summed E-state index contributed by atoms with van der Waals surface area (Å²) in [5.74, 6) is 10.7. The first kappa shape index (κ1) is 67.6. The smallest absolute Gasteiger partial charge is 0.145 e. The monoisotopic (exact) mass is 1200 g/mol. The van der Waals surface area contributed by atoms with Crippen LogP contribution in [0, 0.1) is 99.6 Å². The van der Waals surface area contributed by atoms with Crippen molar-refractivity contribution in [2.75, 3.05) is 25.6 Å². The number of fused-ring (bicyclic) bond motifs is 12. The van der Waals surface area contributed by atoms with Crippen molar-refractivity contribution < 1.29 is 29.6 Å². The summed E-state index contributed by atoms with van der Waals surface area (Å²) >= 11 is 0. The van der Waals surface area contributed by atoms with E-state index in [1.165, 1.54) is 116 Å². The average Bonchev–Trinajstić information content (AvgIpc) is 1.45. The SMILES string of the molecule is CC(C)CCC[C@@H](C)[C@H]1CCC2C3CC=C4C[C@@H](OCC=Nc5ccc(O)c6ncccc56)CC[C@]4(C)C3CC[C@@]21C.CCO.Nc1ccc(O)c2ncccc12.[CH2+]C(C)CCC[C@@H](C)[C@H]1CCC2C3CC=C4C[C@@H](OCC=O)CC[C@]4(C)C3CC[C@@]21C. The van der Waals surface area contributed by atoms with Crippen LogP contribution >= 0.6 is 0 Å². The van der Waals surface area contributed by atoms with Crippen LogP contribution in [0.15, 0.2) is 89.2 Å². The number of phenols is 2. The summed E-state index contributed by atoms with van der Waals surface area (Å²) in [6.45, 7) is 29.6. The quantitative estimate of drug-likeness (QED) is 0.0201. The Morgan fingerprint density at radius 1 is 0.636 bits per heavy atom. The maximum Gasteiger partial charge on any atom is 0.145 e. The van der Waals surface area contributed by atoms with Crippen molar-refractivity contribution in [1.29, 1.82) is 0 Å². The van der Waals surface area contributed by atoms with Crippen LogP contribution in [-0.4, -0.2) is 69.8 Å². The Morgan fingerprint density at radius 3 is 1.62 bits per heavy atom. The molecule has 0 radical (unpaired) electrons. The van der Waals surface area contributed by atoms with Crippen molar-refractivity contribution >= 4 is 45.7 Å². The molecule has 12 rings (SSSR count). The second-order valence-electron chi connectivity index (χ2n) is 30.6. The summed E-state index contributed by atoms with van der Waals surface area (Å²) in [6.07, 6.45) is 41.3. The van der Waals surface area contributed by atoms with Gasteiger partial charge in [0, 0.05) is 41.7 Å². The predicted octanol–water partition coefficient (Wildman–Crippen LogP) is 19.0. The van der Waals surface area contributed by atoms with Gasteiger partial charge < -0.3 is 35.3 Å². The van der Waals surface area contributed by atoms with Gasteiger partial charge in [-0.05, 0) is 265 Å². The maximum absolute atomic E-state index is 10.7. The second kappa shape index (κ2) is 29.7. The van der Waals surface area contributed by atoms with E-state index in [1.807, 2.05) is 30.5 Å². The third-order valence-electron chi connectivity index (χ3n) is 25.0. The summed E-state index contributed by atoms with van der Waals surface area (Å²) in [4.78, 5) is 23.7. The normalized spacial score (nSPS) is 33.9. The van der Waals surface area contributed by atoms with E-state index in [4.69, 9.17) is 20.3 Å². The number of nitrogen functional groups attached to an aromatic ring is 1. The number of nitrogens with two attached hydrogens (primary N) is 1. The van der Waals surface area contributed by atoms with Gasteiger partial charge in [-0.3, -0.25) is 15.0 Å². The number of phenolic OH excluding ortho intramolecular Hbond substituents is 2. The number of hydrogen-bond donors (Lipinski definition) is 4. The van der Waals surface area contributed by atoms with Gasteiger partial charge in [0.1, 0.15) is 35.4 Å². The highest BCUT2D eigenvalue weighted by molar-refractivity contribution is 5.95. The Bertz CT molecular complexity index is 2990. The molecule has 0 amide bonds. The van der Waals surface area contributed by atoms with Crippen molar-refractivity contribution in [2.45, 2.75) is 223 Å². The molecule has 0 saturated heterocycles. The number of carbonyl (C=O) groups excluding carboxylic acids is 1. The Labute approximate surface area is 531 Å². The third-order valence-corrected chi connectivity index (χ3v) is 25.0. The first-order chi connectivity index (χ1) is 42.2. The summed E-state index contributed by atoms with van der Waals surface area (Å²) < 4.78 is 12.2. The zero-order valence-electron chi connectivity index (χ0n) is 56.0. The van der Waals surface area contributed by atoms with Crippen LogP contribution in [0.1, 0.15) is 210 Å². The molecule has 0 bridgehead atoms. The number of carbonyl (C=O) groups is 1. The van der Waals surface area contributed by atoms with E-state index in [1.54, 1.807) is 54.7 Å². The number of pyridine rings is 2. The Morgan fingerprint density at radius 2 is 1.12 bits per heavy atom. The number of nitrogens with zero attached hydrogens (tertiary/aromatic N) is 3. The lowest BCUT2D eigenvalue weighted by molar-refractivity contribution is -0.115. The number of benzene rings is 2. The molecule has 10 nitrogen and oxygen atoms in total. The zero-order chi connectivity index (χ0) is 63.0. The summed E-state index contributed by atoms with van der Waals surface area (Å²) in [5, 5.41) is 28.7. The number of anilines is 1. The molecule has 6 fully saturated rings. The van der Waals surface area contributed by atoms with Gasteiger partial charge in [-0.1, -0.05) is 104 Å². The summed E-state index contributed by atoms with van der Waals surface area (Å²) in [6, 6.07) is 14.2. The number of rotatable bonds is 17. The third kappa shape index (κ3) is 14.4. The second-order valence-corrected chi connectivity index (χ2v) is 30.6. The fourth-order valence-corrected chi connectivity index (χ4v) is 20.5. The number of aliphatic imine (C=N–C) groups is 1. The number of allylic oxidation sites excluding steroid dienone is 2. The van der Waals surface area contributed by atoms with Crippen LogP contribution in [0.2, 0.25) is 0 Å². The minimum Gasteiger partial charge on any atom is -0.506 e. The maximum atomic E-state index is 10.7.